The van der Waals surface area contributed by atoms with Crippen molar-refractivity contribution in [2.45, 2.75) is 38.8 Å². The van der Waals surface area contributed by atoms with E-state index in [1.807, 2.05) is 0 Å². The number of carboxylic acid groups (broad SMARTS) is 2. The number of carbonyl (C=O) groups excluding carboxylic acids is 3. The second-order valence-electron chi connectivity index (χ2n) is 10.8. The quantitative estimate of drug-likeness (QED) is 0.293. The topological polar surface area (TPSA) is 183 Å². The van der Waals surface area contributed by atoms with Crippen LogP contribution in [0.5, 0.6) is 0 Å². The molecule has 42 heavy (non-hydrogen) atoms. The maximum absolute atomic E-state index is 13.4. The minimum Gasteiger partial charge on any atom is -0.475 e. The highest BCUT2D eigenvalue weighted by Gasteiger charge is 2.26. The van der Waals surface area contributed by atoms with Crippen LogP contribution in [0.4, 0.5) is 21.0 Å². The van der Waals surface area contributed by atoms with E-state index in [0.717, 1.165) is 0 Å². The summed E-state index contributed by atoms with van der Waals surface area (Å²) in [5.74, 6) is -2.99. The van der Waals surface area contributed by atoms with Crippen molar-refractivity contribution in [1.82, 2.24) is 19.8 Å². The molecule has 2 aromatic carbocycles. The predicted octanol–water partition coefficient (Wildman–Crippen LogP) is 2.86. The Labute approximate surface area is 241 Å². The molecule has 0 spiro atoms. The Kier molecular flexibility index (Phi) is 9.53. The lowest BCUT2D eigenvalue weighted by Gasteiger charge is -2.24. The molecule has 0 radical (unpaired) electrons. The van der Waals surface area contributed by atoms with E-state index in [4.69, 9.17) is 4.74 Å². The van der Waals surface area contributed by atoms with Gasteiger partial charge in [0.1, 0.15) is 11.6 Å². The number of fused-ring (bicyclic) bond motifs is 1. The van der Waals surface area contributed by atoms with E-state index in [-0.39, 0.29) is 35.6 Å². The molecule has 14 nitrogen and oxygen atoms in total. The van der Waals surface area contributed by atoms with E-state index in [9.17, 15) is 34.2 Å². The molecule has 4 N–H and O–H groups in total. The van der Waals surface area contributed by atoms with Gasteiger partial charge in [-0.25, -0.2) is 23.9 Å². The number of nitrogens with zero attached hydrogens (tertiary/aromatic N) is 4. The van der Waals surface area contributed by atoms with E-state index in [1.165, 1.54) is 23.1 Å². The first-order valence-electron chi connectivity index (χ1n) is 12.9. The number of aromatic carboxylic acids is 1. The highest BCUT2D eigenvalue weighted by atomic mass is 16.6. The Morgan fingerprint density at radius 3 is 2.31 bits per heavy atom. The van der Waals surface area contributed by atoms with Crippen molar-refractivity contribution in [2.24, 2.45) is 0 Å². The molecule has 0 fully saturated rings. The van der Waals surface area contributed by atoms with Gasteiger partial charge < -0.3 is 35.4 Å². The van der Waals surface area contributed by atoms with Crippen LogP contribution < -0.4 is 15.5 Å². The molecule has 0 aliphatic heterocycles. The number of hydrogen-bond donors (Lipinski definition) is 4. The molecule has 0 bridgehead atoms. The number of ether oxygens (including phenoxy) is 1. The molecule has 1 atom stereocenters. The number of benzene rings is 2. The van der Waals surface area contributed by atoms with Crippen molar-refractivity contribution in [3.05, 3.63) is 53.9 Å². The minimum atomic E-state index is -1.53. The zero-order chi connectivity index (χ0) is 31.4. The van der Waals surface area contributed by atoms with Crippen molar-refractivity contribution in [3.63, 3.8) is 0 Å². The fourth-order valence-electron chi connectivity index (χ4n) is 4.03. The third-order valence-electron chi connectivity index (χ3n) is 5.88. The van der Waals surface area contributed by atoms with Gasteiger partial charge in [-0.05, 0) is 70.8 Å². The number of nitrogens with one attached hydrogen (secondary N) is 2. The molecular weight excluding hydrogens is 548 g/mol. The van der Waals surface area contributed by atoms with Crippen LogP contribution in [0.2, 0.25) is 0 Å². The van der Waals surface area contributed by atoms with Gasteiger partial charge in [-0.1, -0.05) is 12.1 Å². The molecule has 0 saturated heterocycles. The lowest BCUT2D eigenvalue weighted by atomic mass is 10.0. The average molecular weight is 583 g/mol. The van der Waals surface area contributed by atoms with Crippen LogP contribution in [-0.4, -0.2) is 94.0 Å². The van der Waals surface area contributed by atoms with Crippen molar-refractivity contribution in [3.8, 4) is 0 Å². The molecule has 0 aliphatic rings. The van der Waals surface area contributed by atoms with Gasteiger partial charge in [0.15, 0.2) is 0 Å². The maximum Gasteiger partial charge on any atom is 0.417 e. The summed E-state index contributed by atoms with van der Waals surface area (Å²) >= 11 is 0. The number of hydrogen-bond acceptors (Lipinski definition) is 8. The SMILES string of the molecule is CN(C)CC(=O)N(C)c1cccc(C[C@H](NC(=O)OC(C)(C)C)C(=O)Nc2ccc3c(c2)nc(C(=O)O)n3C(=O)O)c1. The number of amides is 3. The fraction of sp³-hybridized carbons (Fsp3) is 0.357. The molecule has 3 amide bonds. The number of likely N-dealkylation sites (N-methyl/N-ethyl adjacent to an activating group) is 2. The molecule has 0 unspecified atom stereocenters. The van der Waals surface area contributed by atoms with E-state index in [0.29, 0.717) is 15.8 Å². The summed E-state index contributed by atoms with van der Waals surface area (Å²) in [6.45, 7) is 5.25. The summed E-state index contributed by atoms with van der Waals surface area (Å²) in [4.78, 5) is 68.8. The zero-order valence-electron chi connectivity index (χ0n) is 24.2. The first-order chi connectivity index (χ1) is 19.6. The van der Waals surface area contributed by atoms with Crippen LogP contribution in [-0.2, 0) is 20.7 Å². The van der Waals surface area contributed by atoms with Gasteiger partial charge in [0.2, 0.25) is 17.6 Å². The van der Waals surface area contributed by atoms with Gasteiger partial charge in [-0.15, -0.1) is 0 Å². The second-order valence-corrected chi connectivity index (χ2v) is 10.8. The summed E-state index contributed by atoms with van der Waals surface area (Å²) in [7, 11) is 5.22. The van der Waals surface area contributed by atoms with Gasteiger partial charge >= 0.3 is 18.2 Å². The zero-order valence-corrected chi connectivity index (χ0v) is 24.2. The Hall–Kier alpha value is -4.98. The van der Waals surface area contributed by atoms with Crippen molar-refractivity contribution in [1.29, 1.82) is 0 Å². The van der Waals surface area contributed by atoms with Crippen LogP contribution in [0.1, 0.15) is 37.0 Å². The first-order valence-corrected chi connectivity index (χ1v) is 12.9. The van der Waals surface area contributed by atoms with Gasteiger partial charge in [-0.3, -0.25) is 9.59 Å². The smallest absolute Gasteiger partial charge is 0.417 e. The minimum absolute atomic E-state index is 0.0195. The molecule has 14 heteroatoms. The van der Waals surface area contributed by atoms with E-state index in [2.05, 4.69) is 15.6 Å². The van der Waals surface area contributed by atoms with Crippen LogP contribution in [0.25, 0.3) is 11.0 Å². The number of carbonyl (C=O) groups is 5. The third-order valence-corrected chi connectivity index (χ3v) is 5.88. The molecule has 0 saturated carbocycles. The van der Waals surface area contributed by atoms with Crippen molar-refractivity contribution >= 4 is 52.4 Å². The largest absolute Gasteiger partial charge is 0.475 e. The monoisotopic (exact) mass is 582 g/mol. The highest BCUT2D eigenvalue weighted by Crippen LogP contribution is 2.22. The highest BCUT2D eigenvalue weighted by molar-refractivity contribution is 6.01. The average Bonchev–Trinajstić information content (AvgIpc) is 3.26. The number of anilines is 2. The van der Waals surface area contributed by atoms with Gasteiger partial charge in [0.25, 0.3) is 0 Å². The summed E-state index contributed by atoms with van der Waals surface area (Å²) in [5, 5.41) is 24.0. The molecule has 3 rings (SSSR count). The normalized spacial score (nSPS) is 12.1. The molecule has 0 aliphatic carbocycles. The van der Waals surface area contributed by atoms with Crippen molar-refractivity contribution in [2.75, 3.05) is 37.9 Å². The Morgan fingerprint density at radius 1 is 1.02 bits per heavy atom. The van der Waals surface area contributed by atoms with Crippen LogP contribution in [0.3, 0.4) is 0 Å². The first kappa shape index (κ1) is 31.5. The maximum atomic E-state index is 13.4. The number of alkyl carbamates (subject to hydrolysis) is 1. The second kappa shape index (κ2) is 12.7. The van der Waals surface area contributed by atoms with Crippen LogP contribution in [0, 0.1) is 0 Å². The lowest BCUT2D eigenvalue weighted by molar-refractivity contribution is -0.119. The Balaban J connectivity index is 1.89. The Morgan fingerprint density at radius 2 is 1.71 bits per heavy atom. The number of carboxylic acids is 1. The van der Waals surface area contributed by atoms with E-state index in [1.54, 1.807) is 71.1 Å². The van der Waals surface area contributed by atoms with Crippen LogP contribution >= 0.6 is 0 Å². The summed E-state index contributed by atoms with van der Waals surface area (Å²) in [6, 6.07) is 9.90. The number of imidazole rings is 1. The van der Waals surface area contributed by atoms with Gasteiger partial charge in [0, 0.05) is 24.8 Å². The molecule has 224 valence electrons. The molecule has 1 aromatic heterocycles. The standard InChI is InChI=1S/C28H34N6O8/c1-28(2,3)42-26(39)31-20(13-16-8-7-9-18(12-16)33(6)22(35)15-32(4)5)24(36)29-17-10-11-21-19(14-17)30-23(25(37)38)34(21)27(40)41/h7-12,14,20H,13,15H2,1-6H3,(H,29,36)(H,31,39)(H,37,38)(H,40,41)/t20-/m0/s1. The summed E-state index contributed by atoms with van der Waals surface area (Å²) in [6.07, 6.45) is -2.31. The lowest BCUT2D eigenvalue weighted by Crippen LogP contribution is -2.47. The van der Waals surface area contributed by atoms with Gasteiger partial charge in [-0.2, -0.15) is 0 Å². The molecule has 1 heterocycles. The fourth-order valence-corrected chi connectivity index (χ4v) is 4.03. The van der Waals surface area contributed by atoms with E-state index >= 15 is 0 Å². The van der Waals surface area contributed by atoms with Crippen LogP contribution in [0.15, 0.2) is 42.5 Å². The third kappa shape index (κ3) is 8.04. The van der Waals surface area contributed by atoms with Gasteiger partial charge in [0.05, 0.1) is 17.6 Å². The number of aromatic nitrogens is 2. The Bertz CT molecular complexity index is 1520. The summed E-state index contributed by atoms with van der Waals surface area (Å²) in [5.41, 5.74) is 0.669. The number of rotatable bonds is 9. The molecular formula is C28H34N6O8. The van der Waals surface area contributed by atoms with E-state index < -0.39 is 41.5 Å². The molecule has 3 aromatic rings. The van der Waals surface area contributed by atoms with Crippen molar-refractivity contribution < 1.29 is 38.9 Å². The predicted molar refractivity (Wildman–Crippen MR) is 154 cm³/mol. The summed E-state index contributed by atoms with van der Waals surface area (Å²) < 4.78 is 5.87.